The molecule has 0 radical (unpaired) electrons. The van der Waals surface area contributed by atoms with Crippen LogP contribution < -0.4 is 5.32 Å². The van der Waals surface area contributed by atoms with Gasteiger partial charge in [-0.05, 0) is 42.4 Å². The summed E-state index contributed by atoms with van der Waals surface area (Å²) in [6, 6.07) is 6.17. The Hall–Kier alpha value is -1.02. The molecule has 0 fully saturated rings. The normalized spacial score (nSPS) is 11.4. The fraction of sp³-hybridized carbons (Fsp3) is 0.562. The van der Waals surface area contributed by atoms with Gasteiger partial charge in [0, 0.05) is 12.4 Å². The van der Waals surface area contributed by atoms with Crippen molar-refractivity contribution in [3.05, 3.63) is 34.9 Å². The third kappa shape index (κ3) is 5.65. The van der Waals surface area contributed by atoms with E-state index in [1.165, 1.54) is 11.1 Å². The number of nitrogens with one attached hydrogen (secondary N) is 1. The Kier molecular flexibility index (Phi) is 5.86. The predicted molar refractivity (Wildman–Crippen MR) is 81.7 cm³/mol. The topological polar surface area (TPSA) is 29.1 Å². The van der Waals surface area contributed by atoms with Crippen LogP contribution in [0.4, 0.5) is 0 Å². The molecule has 0 aliphatic heterocycles. The summed E-state index contributed by atoms with van der Waals surface area (Å²) in [5.41, 5.74) is 3.61. The lowest BCUT2D eigenvalue weighted by atomic mass is 9.90. The highest BCUT2D eigenvalue weighted by Crippen LogP contribution is 2.19. The molecule has 1 amide bonds. The minimum atomic E-state index is 0.0562. The van der Waals surface area contributed by atoms with Crippen molar-refractivity contribution in [2.75, 3.05) is 12.4 Å². The van der Waals surface area contributed by atoms with Gasteiger partial charge in [0.25, 0.3) is 0 Å². The molecule has 1 aromatic rings. The zero-order valence-electron chi connectivity index (χ0n) is 12.3. The first-order valence-electron chi connectivity index (χ1n) is 6.73. The van der Waals surface area contributed by atoms with E-state index in [9.17, 15) is 4.79 Å². The van der Waals surface area contributed by atoms with E-state index in [1.54, 1.807) is 0 Å². The average Bonchev–Trinajstić information content (AvgIpc) is 2.32. The summed E-state index contributed by atoms with van der Waals surface area (Å²) in [7, 11) is 0. The lowest BCUT2D eigenvalue weighted by Gasteiger charge is -2.23. The molecule has 0 aromatic heterocycles. The Bertz CT molecular complexity index is 440. The molecule has 0 heterocycles. The number of alkyl halides is 1. The van der Waals surface area contributed by atoms with Gasteiger partial charge in [0.2, 0.25) is 5.91 Å². The van der Waals surface area contributed by atoms with Crippen LogP contribution in [-0.2, 0) is 11.2 Å². The van der Waals surface area contributed by atoms with E-state index >= 15 is 0 Å². The Morgan fingerprint density at radius 3 is 2.53 bits per heavy atom. The fourth-order valence-corrected chi connectivity index (χ4v) is 2.36. The average molecular weight is 282 g/mol. The lowest BCUT2D eigenvalue weighted by Crippen LogP contribution is -2.35. The van der Waals surface area contributed by atoms with Gasteiger partial charge in [-0.25, -0.2) is 0 Å². The Morgan fingerprint density at radius 2 is 1.95 bits per heavy atom. The summed E-state index contributed by atoms with van der Waals surface area (Å²) in [4.78, 5) is 11.9. The second kappa shape index (κ2) is 6.95. The lowest BCUT2D eigenvalue weighted by molar-refractivity contribution is -0.120. The van der Waals surface area contributed by atoms with Crippen LogP contribution in [0, 0.1) is 19.3 Å². The minimum Gasteiger partial charge on any atom is -0.355 e. The van der Waals surface area contributed by atoms with Gasteiger partial charge in [0.15, 0.2) is 0 Å². The van der Waals surface area contributed by atoms with E-state index in [1.807, 2.05) is 6.07 Å². The highest BCUT2D eigenvalue weighted by Gasteiger charge is 2.18. The summed E-state index contributed by atoms with van der Waals surface area (Å²) in [6.07, 6.45) is 1.34. The van der Waals surface area contributed by atoms with Gasteiger partial charge in [0.1, 0.15) is 0 Å². The maximum Gasteiger partial charge on any atom is 0.224 e. The van der Waals surface area contributed by atoms with Crippen molar-refractivity contribution < 1.29 is 4.79 Å². The maximum atomic E-state index is 11.9. The smallest absolute Gasteiger partial charge is 0.224 e. The standard InChI is InChI=1S/C16H24ClNO/c1-12-5-6-14(9-13(12)2)10-15(19)18-11-16(3,4)7-8-17/h5-6,9H,7-8,10-11H2,1-4H3,(H,18,19). The number of carbonyl (C=O) groups excluding carboxylic acids is 1. The minimum absolute atomic E-state index is 0.0562. The van der Waals surface area contributed by atoms with Crippen molar-refractivity contribution in [2.45, 2.75) is 40.5 Å². The maximum absolute atomic E-state index is 11.9. The molecule has 0 spiro atoms. The largest absolute Gasteiger partial charge is 0.355 e. The Balaban J connectivity index is 2.49. The quantitative estimate of drug-likeness (QED) is 0.793. The van der Waals surface area contributed by atoms with Gasteiger partial charge in [0.05, 0.1) is 6.42 Å². The van der Waals surface area contributed by atoms with Crippen LogP contribution in [0.15, 0.2) is 18.2 Å². The van der Waals surface area contributed by atoms with Crippen LogP contribution in [0.2, 0.25) is 0 Å². The third-order valence-corrected chi connectivity index (χ3v) is 3.66. The van der Waals surface area contributed by atoms with Crippen molar-refractivity contribution in [1.29, 1.82) is 0 Å². The summed E-state index contributed by atoms with van der Waals surface area (Å²) in [6.45, 7) is 9.05. The van der Waals surface area contributed by atoms with Gasteiger partial charge in [-0.1, -0.05) is 32.0 Å². The van der Waals surface area contributed by atoms with Gasteiger partial charge in [-0.2, -0.15) is 0 Å². The van der Waals surface area contributed by atoms with Crippen molar-refractivity contribution in [3.63, 3.8) is 0 Å². The zero-order valence-corrected chi connectivity index (χ0v) is 13.1. The Morgan fingerprint density at radius 1 is 1.26 bits per heavy atom. The first-order chi connectivity index (χ1) is 8.84. The third-order valence-electron chi connectivity index (χ3n) is 3.47. The molecule has 2 nitrogen and oxygen atoms in total. The molecule has 0 saturated heterocycles. The molecule has 0 saturated carbocycles. The molecule has 0 aliphatic carbocycles. The number of rotatable bonds is 6. The van der Waals surface area contributed by atoms with Gasteiger partial charge in [-0.3, -0.25) is 4.79 Å². The second-order valence-corrected chi connectivity index (χ2v) is 6.35. The number of carbonyl (C=O) groups is 1. The number of hydrogen-bond acceptors (Lipinski definition) is 1. The van der Waals surface area contributed by atoms with Crippen molar-refractivity contribution in [3.8, 4) is 0 Å². The highest BCUT2D eigenvalue weighted by atomic mass is 35.5. The number of benzene rings is 1. The summed E-state index contributed by atoms with van der Waals surface area (Å²) in [5, 5.41) is 2.99. The van der Waals surface area contributed by atoms with Gasteiger partial charge < -0.3 is 5.32 Å². The molecule has 0 unspecified atom stereocenters. The SMILES string of the molecule is Cc1ccc(CC(=O)NCC(C)(C)CCCl)cc1C. The zero-order chi connectivity index (χ0) is 14.5. The molecule has 0 bridgehead atoms. The molecule has 19 heavy (non-hydrogen) atoms. The molecular formula is C16H24ClNO. The molecule has 1 aromatic carbocycles. The number of aryl methyl sites for hydroxylation is 2. The molecule has 1 rings (SSSR count). The monoisotopic (exact) mass is 281 g/mol. The van der Waals surface area contributed by atoms with Crippen LogP contribution in [-0.4, -0.2) is 18.3 Å². The van der Waals surface area contributed by atoms with E-state index in [4.69, 9.17) is 11.6 Å². The number of halogens is 1. The van der Waals surface area contributed by atoms with Gasteiger partial charge in [-0.15, -0.1) is 11.6 Å². The summed E-state index contributed by atoms with van der Waals surface area (Å²) >= 11 is 5.75. The van der Waals surface area contributed by atoms with Crippen LogP contribution in [0.3, 0.4) is 0 Å². The molecule has 3 heteroatoms. The van der Waals surface area contributed by atoms with Crippen molar-refractivity contribution in [2.24, 2.45) is 5.41 Å². The van der Waals surface area contributed by atoms with E-state index in [2.05, 4.69) is 45.1 Å². The molecule has 1 N–H and O–H groups in total. The van der Waals surface area contributed by atoms with Crippen molar-refractivity contribution >= 4 is 17.5 Å². The number of hydrogen-bond donors (Lipinski definition) is 1. The molecule has 106 valence electrons. The van der Waals surface area contributed by atoms with Crippen molar-refractivity contribution in [1.82, 2.24) is 5.32 Å². The van der Waals surface area contributed by atoms with Gasteiger partial charge >= 0.3 is 0 Å². The van der Waals surface area contributed by atoms with Crippen LogP contribution >= 0.6 is 11.6 Å². The molecular weight excluding hydrogens is 258 g/mol. The van der Waals surface area contributed by atoms with E-state index in [0.29, 0.717) is 18.8 Å². The fourth-order valence-electron chi connectivity index (χ4n) is 1.84. The summed E-state index contributed by atoms with van der Waals surface area (Å²) < 4.78 is 0. The number of amides is 1. The van der Waals surface area contributed by atoms with E-state index < -0.39 is 0 Å². The molecule has 0 aliphatic rings. The summed E-state index contributed by atoms with van der Waals surface area (Å²) in [5.74, 6) is 0.700. The van der Waals surface area contributed by atoms with Crippen LogP contribution in [0.1, 0.15) is 37.0 Å². The first-order valence-corrected chi connectivity index (χ1v) is 7.26. The highest BCUT2D eigenvalue weighted by molar-refractivity contribution is 6.17. The Labute approximate surface area is 121 Å². The van der Waals surface area contributed by atoms with Crippen LogP contribution in [0.5, 0.6) is 0 Å². The van der Waals surface area contributed by atoms with E-state index in [-0.39, 0.29) is 11.3 Å². The first kappa shape index (κ1) is 16.0. The molecule has 0 atom stereocenters. The van der Waals surface area contributed by atoms with E-state index in [0.717, 1.165) is 12.0 Å². The second-order valence-electron chi connectivity index (χ2n) is 5.98. The van der Waals surface area contributed by atoms with Crippen LogP contribution in [0.25, 0.3) is 0 Å². The predicted octanol–water partition coefficient (Wildman–Crippen LogP) is 3.62.